The highest BCUT2D eigenvalue weighted by atomic mass is 16.5. The van der Waals surface area contributed by atoms with Crippen LogP contribution in [0.2, 0.25) is 0 Å². The van der Waals surface area contributed by atoms with Crippen molar-refractivity contribution in [2.45, 2.75) is 76.2 Å². The molecule has 0 aromatic heterocycles. The van der Waals surface area contributed by atoms with E-state index < -0.39 is 11.6 Å². The molecule has 1 aliphatic carbocycles. The second kappa shape index (κ2) is 10.4. The molecule has 28 heavy (non-hydrogen) atoms. The second-order valence-electron chi connectivity index (χ2n) is 7.78. The fraction of sp³-hybridized carbons (Fsp3) is 0.800. The third kappa shape index (κ3) is 5.45. The Morgan fingerprint density at radius 3 is 2.14 bits per heavy atom. The van der Waals surface area contributed by atoms with Gasteiger partial charge in [0.2, 0.25) is 0 Å². The maximum Gasteiger partial charge on any atom is 0.322 e. The summed E-state index contributed by atoms with van der Waals surface area (Å²) in [6.07, 6.45) is 8.33. The normalized spacial score (nSPS) is 26.2. The standard InChI is InChI=1S/C20H32N2O6/c1-27-16(23)10-5-3-4-8-14-12-13-20(18(25)21-19(26)22-20)15(14)9-6-7-11-17(24)28-2/h14-15H,3-13H2,1-2H3,(H2,21,22,25,26). The van der Waals surface area contributed by atoms with Crippen LogP contribution in [0.15, 0.2) is 0 Å². The van der Waals surface area contributed by atoms with Crippen LogP contribution in [0.4, 0.5) is 4.79 Å². The number of hydrogen-bond acceptors (Lipinski definition) is 6. The van der Waals surface area contributed by atoms with Gasteiger partial charge in [-0.15, -0.1) is 0 Å². The van der Waals surface area contributed by atoms with Crippen molar-refractivity contribution in [3.8, 4) is 0 Å². The van der Waals surface area contributed by atoms with Crippen molar-refractivity contribution >= 4 is 23.9 Å². The molecular formula is C20H32N2O6. The summed E-state index contributed by atoms with van der Waals surface area (Å²) in [7, 11) is 2.77. The molecule has 2 rings (SSSR count). The van der Waals surface area contributed by atoms with Crippen molar-refractivity contribution in [1.82, 2.24) is 10.6 Å². The molecule has 3 amide bonds. The Morgan fingerprint density at radius 2 is 1.57 bits per heavy atom. The molecule has 0 aromatic rings. The summed E-state index contributed by atoms with van der Waals surface area (Å²) >= 11 is 0. The third-order valence-electron chi connectivity index (χ3n) is 6.14. The molecule has 2 fully saturated rings. The van der Waals surface area contributed by atoms with Gasteiger partial charge in [0.15, 0.2) is 0 Å². The molecule has 3 atom stereocenters. The van der Waals surface area contributed by atoms with Gasteiger partial charge in [0.25, 0.3) is 5.91 Å². The van der Waals surface area contributed by atoms with E-state index in [-0.39, 0.29) is 23.8 Å². The lowest BCUT2D eigenvalue weighted by atomic mass is 9.77. The highest BCUT2D eigenvalue weighted by molar-refractivity contribution is 6.07. The first-order valence-corrected chi connectivity index (χ1v) is 10.2. The van der Waals surface area contributed by atoms with Crippen LogP contribution in [0, 0.1) is 11.8 Å². The third-order valence-corrected chi connectivity index (χ3v) is 6.14. The van der Waals surface area contributed by atoms with E-state index >= 15 is 0 Å². The molecule has 1 spiro atoms. The molecule has 1 heterocycles. The summed E-state index contributed by atoms with van der Waals surface area (Å²) in [6, 6.07) is -0.414. The van der Waals surface area contributed by atoms with E-state index in [1.807, 2.05) is 0 Å². The largest absolute Gasteiger partial charge is 0.469 e. The number of nitrogens with one attached hydrogen (secondary N) is 2. The summed E-state index contributed by atoms with van der Waals surface area (Å²) < 4.78 is 9.33. The Labute approximate surface area is 166 Å². The lowest BCUT2D eigenvalue weighted by molar-refractivity contribution is -0.141. The zero-order valence-electron chi connectivity index (χ0n) is 16.9. The maximum absolute atomic E-state index is 12.5. The molecule has 1 saturated carbocycles. The molecule has 0 bridgehead atoms. The fourth-order valence-electron chi connectivity index (χ4n) is 4.66. The van der Waals surface area contributed by atoms with Gasteiger partial charge >= 0.3 is 18.0 Å². The quantitative estimate of drug-likeness (QED) is 0.315. The number of rotatable bonds is 11. The molecule has 0 aromatic carbocycles. The van der Waals surface area contributed by atoms with Gasteiger partial charge in [0.1, 0.15) is 5.54 Å². The number of carbonyl (C=O) groups excluding carboxylic acids is 4. The summed E-state index contributed by atoms with van der Waals surface area (Å²) in [4.78, 5) is 46.8. The van der Waals surface area contributed by atoms with Crippen molar-refractivity contribution in [1.29, 1.82) is 0 Å². The van der Waals surface area contributed by atoms with Crippen LogP contribution in [-0.2, 0) is 23.9 Å². The van der Waals surface area contributed by atoms with Crippen LogP contribution in [0.25, 0.3) is 0 Å². The minimum Gasteiger partial charge on any atom is -0.469 e. The first kappa shape index (κ1) is 22.2. The second-order valence-corrected chi connectivity index (χ2v) is 7.78. The zero-order valence-corrected chi connectivity index (χ0v) is 16.9. The van der Waals surface area contributed by atoms with Crippen LogP contribution in [0.1, 0.15) is 70.6 Å². The molecule has 8 nitrogen and oxygen atoms in total. The highest BCUT2D eigenvalue weighted by Crippen LogP contribution is 2.47. The van der Waals surface area contributed by atoms with Gasteiger partial charge in [-0.25, -0.2) is 4.79 Å². The molecule has 3 unspecified atom stereocenters. The maximum atomic E-state index is 12.5. The number of urea groups is 1. The molecular weight excluding hydrogens is 364 g/mol. The van der Waals surface area contributed by atoms with Crippen molar-refractivity contribution in [3.05, 3.63) is 0 Å². The van der Waals surface area contributed by atoms with E-state index in [1.165, 1.54) is 14.2 Å². The Hall–Kier alpha value is -2.12. The first-order chi connectivity index (χ1) is 13.4. The van der Waals surface area contributed by atoms with Gasteiger partial charge in [0.05, 0.1) is 14.2 Å². The average molecular weight is 396 g/mol. The van der Waals surface area contributed by atoms with E-state index in [4.69, 9.17) is 0 Å². The van der Waals surface area contributed by atoms with Crippen molar-refractivity contribution in [2.24, 2.45) is 11.8 Å². The predicted molar refractivity (Wildman–Crippen MR) is 101 cm³/mol. The molecule has 2 aliphatic rings. The molecule has 8 heteroatoms. The van der Waals surface area contributed by atoms with Gasteiger partial charge in [-0.05, 0) is 43.9 Å². The summed E-state index contributed by atoms with van der Waals surface area (Å²) in [5.74, 6) is -0.217. The Morgan fingerprint density at radius 1 is 0.964 bits per heavy atom. The van der Waals surface area contributed by atoms with Crippen molar-refractivity contribution in [2.75, 3.05) is 14.2 Å². The molecule has 0 radical (unpaired) electrons. The number of methoxy groups -OCH3 is 2. The minimum absolute atomic E-state index is 0.0669. The average Bonchev–Trinajstić information content (AvgIpc) is 3.17. The Kier molecular flexibility index (Phi) is 8.26. The zero-order chi connectivity index (χ0) is 20.6. The number of amides is 3. The Bertz CT molecular complexity index is 593. The van der Waals surface area contributed by atoms with E-state index in [0.717, 1.165) is 44.9 Å². The van der Waals surface area contributed by atoms with Gasteiger partial charge < -0.3 is 14.8 Å². The first-order valence-electron chi connectivity index (χ1n) is 10.2. The van der Waals surface area contributed by atoms with Gasteiger partial charge in [0, 0.05) is 12.8 Å². The predicted octanol–water partition coefficient (Wildman–Crippen LogP) is 2.45. The monoisotopic (exact) mass is 396 g/mol. The molecule has 2 N–H and O–H groups in total. The van der Waals surface area contributed by atoms with Crippen LogP contribution in [0.5, 0.6) is 0 Å². The smallest absolute Gasteiger partial charge is 0.322 e. The highest BCUT2D eigenvalue weighted by Gasteiger charge is 2.57. The van der Waals surface area contributed by atoms with Crippen molar-refractivity contribution in [3.63, 3.8) is 0 Å². The van der Waals surface area contributed by atoms with Crippen LogP contribution in [0.3, 0.4) is 0 Å². The number of esters is 2. The van der Waals surface area contributed by atoms with Gasteiger partial charge in [-0.2, -0.15) is 0 Å². The lowest BCUT2D eigenvalue weighted by Crippen LogP contribution is -2.51. The number of imide groups is 1. The van der Waals surface area contributed by atoms with Gasteiger partial charge in [-0.1, -0.05) is 25.7 Å². The topological polar surface area (TPSA) is 111 Å². The van der Waals surface area contributed by atoms with E-state index in [2.05, 4.69) is 20.1 Å². The lowest BCUT2D eigenvalue weighted by Gasteiger charge is -2.31. The Balaban J connectivity index is 1.89. The number of carbonyl (C=O) groups is 4. The summed E-state index contributed by atoms with van der Waals surface area (Å²) in [5.41, 5.74) is -0.807. The van der Waals surface area contributed by atoms with Crippen molar-refractivity contribution < 1.29 is 28.7 Å². The summed E-state index contributed by atoms with van der Waals surface area (Å²) in [6.45, 7) is 0. The van der Waals surface area contributed by atoms with Crippen LogP contribution < -0.4 is 10.6 Å². The molecule has 1 aliphatic heterocycles. The van der Waals surface area contributed by atoms with E-state index in [0.29, 0.717) is 31.6 Å². The van der Waals surface area contributed by atoms with Gasteiger partial charge in [-0.3, -0.25) is 19.7 Å². The number of hydrogen-bond donors (Lipinski definition) is 2. The minimum atomic E-state index is -0.807. The van der Waals surface area contributed by atoms with Crippen LogP contribution in [-0.4, -0.2) is 43.6 Å². The van der Waals surface area contributed by atoms with Crippen LogP contribution >= 0.6 is 0 Å². The van der Waals surface area contributed by atoms with E-state index in [1.54, 1.807) is 0 Å². The molecule has 1 saturated heterocycles. The number of ether oxygens (including phenoxy) is 2. The SMILES string of the molecule is COC(=O)CCCCCC1CCC2(NC(=O)NC2=O)C1CCCCC(=O)OC. The fourth-order valence-corrected chi connectivity index (χ4v) is 4.66. The van der Waals surface area contributed by atoms with E-state index in [9.17, 15) is 19.2 Å². The number of unbranched alkanes of at least 4 members (excludes halogenated alkanes) is 3. The summed E-state index contributed by atoms with van der Waals surface area (Å²) in [5, 5.41) is 5.29. The molecule has 158 valence electrons.